The summed E-state index contributed by atoms with van der Waals surface area (Å²) in [5.74, 6) is 0. The Morgan fingerprint density at radius 2 is 1.80 bits per heavy atom. The second-order valence-electron chi connectivity index (χ2n) is 4.87. The van der Waals surface area contributed by atoms with Gasteiger partial charge in [-0.3, -0.25) is 0 Å². The molecule has 0 amide bonds. The Morgan fingerprint density at radius 1 is 1.10 bits per heavy atom. The average molecular weight is 309 g/mol. The van der Waals surface area contributed by atoms with E-state index in [2.05, 4.69) is 24.3 Å². The average Bonchev–Trinajstić information content (AvgIpc) is 2.45. The third-order valence-electron chi connectivity index (χ3n) is 3.30. The van der Waals surface area contributed by atoms with Gasteiger partial charge in [0.25, 0.3) is 0 Å². The van der Waals surface area contributed by atoms with Crippen LogP contribution in [0.25, 0.3) is 0 Å². The summed E-state index contributed by atoms with van der Waals surface area (Å²) in [6, 6.07) is 14.3. The molecule has 0 saturated carbocycles. The van der Waals surface area contributed by atoms with Crippen molar-refractivity contribution in [1.82, 2.24) is 0 Å². The van der Waals surface area contributed by atoms with Gasteiger partial charge in [-0.25, -0.2) is 0 Å². The molecular weight excluding hydrogens is 291 g/mol. The molecule has 2 rings (SSSR count). The van der Waals surface area contributed by atoms with Gasteiger partial charge < -0.3 is 4.74 Å². The van der Waals surface area contributed by atoms with E-state index in [0.717, 1.165) is 29.7 Å². The Morgan fingerprint density at radius 3 is 2.40 bits per heavy atom. The molecule has 0 bridgehead atoms. The highest BCUT2D eigenvalue weighted by atomic mass is 35.5. The van der Waals surface area contributed by atoms with Crippen molar-refractivity contribution in [1.29, 1.82) is 0 Å². The van der Waals surface area contributed by atoms with Crippen LogP contribution in [0.15, 0.2) is 42.5 Å². The van der Waals surface area contributed by atoms with Gasteiger partial charge >= 0.3 is 0 Å². The smallest absolute Gasteiger partial charge is 0.0849 e. The Balaban J connectivity index is 2.18. The van der Waals surface area contributed by atoms with E-state index in [0.29, 0.717) is 5.02 Å². The van der Waals surface area contributed by atoms with Crippen molar-refractivity contribution in [3.05, 3.63) is 69.7 Å². The zero-order valence-corrected chi connectivity index (χ0v) is 13.2. The van der Waals surface area contributed by atoms with Crippen LogP contribution in [0.2, 0.25) is 5.02 Å². The zero-order chi connectivity index (χ0) is 14.5. The van der Waals surface area contributed by atoms with Gasteiger partial charge in [-0.1, -0.05) is 48.0 Å². The molecule has 1 atom stereocenters. The van der Waals surface area contributed by atoms with E-state index < -0.39 is 0 Å². The van der Waals surface area contributed by atoms with Crippen molar-refractivity contribution >= 4 is 23.2 Å². The minimum Gasteiger partial charge on any atom is -0.384 e. The van der Waals surface area contributed by atoms with E-state index in [4.69, 9.17) is 27.9 Å². The molecule has 0 radical (unpaired) electrons. The van der Waals surface area contributed by atoms with Gasteiger partial charge in [0.2, 0.25) is 0 Å². The lowest BCUT2D eigenvalue weighted by Crippen LogP contribution is -1.97. The van der Waals surface area contributed by atoms with Gasteiger partial charge in [-0.05, 0) is 41.7 Å². The van der Waals surface area contributed by atoms with Crippen molar-refractivity contribution < 1.29 is 4.74 Å². The van der Waals surface area contributed by atoms with Gasteiger partial charge in [0.05, 0.1) is 12.0 Å². The van der Waals surface area contributed by atoms with Crippen LogP contribution < -0.4 is 0 Å². The molecule has 2 aromatic rings. The molecule has 0 saturated heterocycles. The fourth-order valence-corrected chi connectivity index (χ4v) is 2.83. The second-order valence-corrected chi connectivity index (χ2v) is 5.72. The number of hydrogen-bond donors (Lipinski definition) is 0. The summed E-state index contributed by atoms with van der Waals surface area (Å²) < 4.78 is 5.08. The van der Waals surface area contributed by atoms with Crippen LogP contribution in [0.5, 0.6) is 0 Å². The molecule has 1 unspecified atom stereocenters. The minimum atomic E-state index is -0.223. The first kappa shape index (κ1) is 15.4. The predicted octanol–water partition coefficient (Wildman–Crippen LogP) is 5.17. The topological polar surface area (TPSA) is 9.23 Å². The second kappa shape index (κ2) is 7.12. The number of alkyl halides is 1. The third-order valence-corrected chi connectivity index (χ3v) is 4.11. The van der Waals surface area contributed by atoms with Crippen LogP contribution in [0, 0.1) is 6.92 Å². The molecule has 0 N–H and O–H groups in total. The van der Waals surface area contributed by atoms with Crippen LogP contribution in [-0.4, -0.2) is 13.7 Å². The standard InChI is InChI=1S/C17H18Cl2O/c1-12-3-8-15(16(18)11-12)17(19)14-6-4-13(5-7-14)9-10-20-2/h3-8,11,17H,9-10H2,1-2H3. The fraction of sp³-hybridized carbons (Fsp3) is 0.294. The maximum absolute atomic E-state index is 6.54. The largest absolute Gasteiger partial charge is 0.384 e. The van der Waals surface area contributed by atoms with Crippen LogP contribution in [0.3, 0.4) is 0 Å². The Labute approximate surface area is 130 Å². The first-order valence-corrected chi connectivity index (χ1v) is 7.41. The molecule has 0 aliphatic rings. The number of methoxy groups -OCH3 is 1. The fourth-order valence-electron chi connectivity index (χ4n) is 2.09. The quantitative estimate of drug-likeness (QED) is 0.693. The van der Waals surface area contributed by atoms with Crippen molar-refractivity contribution in [3.8, 4) is 0 Å². The first-order valence-electron chi connectivity index (χ1n) is 6.59. The van der Waals surface area contributed by atoms with Crippen LogP contribution in [-0.2, 0) is 11.2 Å². The van der Waals surface area contributed by atoms with Crippen LogP contribution in [0.1, 0.15) is 27.6 Å². The summed E-state index contributed by atoms with van der Waals surface area (Å²) in [5.41, 5.74) is 4.38. The molecule has 2 aromatic carbocycles. The van der Waals surface area contributed by atoms with Crippen molar-refractivity contribution in [3.63, 3.8) is 0 Å². The monoisotopic (exact) mass is 308 g/mol. The lowest BCUT2D eigenvalue weighted by molar-refractivity contribution is 0.202. The number of aryl methyl sites for hydroxylation is 1. The van der Waals surface area contributed by atoms with E-state index in [-0.39, 0.29) is 5.38 Å². The Kier molecular flexibility index (Phi) is 5.47. The van der Waals surface area contributed by atoms with Crippen molar-refractivity contribution in [2.45, 2.75) is 18.7 Å². The molecule has 106 valence electrons. The van der Waals surface area contributed by atoms with E-state index >= 15 is 0 Å². The summed E-state index contributed by atoms with van der Waals surface area (Å²) in [5, 5.41) is 0.494. The van der Waals surface area contributed by atoms with E-state index in [1.807, 2.05) is 25.1 Å². The lowest BCUT2D eigenvalue weighted by atomic mass is 10.0. The maximum atomic E-state index is 6.54. The minimum absolute atomic E-state index is 0.223. The molecule has 0 fully saturated rings. The highest BCUT2D eigenvalue weighted by Gasteiger charge is 2.14. The Bertz CT molecular complexity index is 564. The molecule has 0 aromatic heterocycles. The van der Waals surface area contributed by atoms with E-state index in [1.54, 1.807) is 7.11 Å². The van der Waals surface area contributed by atoms with E-state index in [1.165, 1.54) is 5.56 Å². The first-order chi connectivity index (χ1) is 9.61. The summed E-state index contributed by atoms with van der Waals surface area (Å²) in [6.07, 6.45) is 0.912. The Hall–Kier alpha value is -1.02. The summed E-state index contributed by atoms with van der Waals surface area (Å²) in [7, 11) is 1.71. The molecule has 1 nitrogen and oxygen atoms in total. The highest BCUT2D eigenvalue weighted by molar-refractivity contribution is 6.33. The summed E-state index contributed by atoms with van der Waals surface area (Å²) >= 11 is 12.8. The molecule has 0 heterocycles. The molecule has 0 spiro atoms. The molecular formula is C17H18Cl2O. The van der Waals surface area contributed by atoms with Crippen molar-refractivity contribution in [2.24, 2.45) is 0 Å². The highest BCUT2D eigenvalue weighted by Crippen LogP contribution is 2.34. The van der Waals surface area contributed by atoms with Gasteiger partial charge in [0, 0.05) is 12.1 Å². The lowest BCUT2D eigenvalue weighted by Gasteiger charge is -2.13. The maximum Gasteiger partial charge on any atom is 0.0849 e. The molecule has 20 heavy (non-hydrogen) atoms. The van der Waals surface area contributed by atoms with Gasteiger partial charge in [-0.15, -0.1) is 11.6 Å². The SMILES string of the molecule is COCCc1ccc(C(Cl)c2ccc(C)cc2Cl)cc1. The summed E-state index contributed by atoms with van der Waals surface area (Å²) in [4.78, 5) is 0. The van der Waals surface area contributed by atoms with Gasteiger partial charge in [-0.2, -0.15) is 0 Å². The van der Waals surface area contributed by atoms with Crippen LogP contribution in [0.4, 0.5) is 0 Å². The zero-order valence-electron chi connectivity index (χ0n) is 11.7. The molecule has 0 aliphatic carbocycles. The molecule has 0 aliphatic heterocycles. The summed E-state index contributed by atoms with van der Waals surface area (Å²) in [6.45, 7) is 2.75. The number of benzene rings is 2. The van der Waals surface area contributed by atoms with Gasteiger partial charge in [0.1, 0.15) is 0 Å². The number of hydrogen-bond acceptors (Lipinski definition) is 1. The predicted molar refractivity (Wildman–Crippen MR) is 85.9 cm³/mol. The normalized spacial score (nSPS) is 12.4. The van der Waals surface area contributed by atoms with E-state index in [9.17, 15) is 0 Å². The molecule has 3 heteroatoms. The number of rotatable bonds is 5. The number of halogens is 2. The number of ether oxygens (including phenoxy) is 1. The van der Waals surface area contributed by atoms with Gasteiger partial charge in [0.15, 0.2) is 0 Å². The van der Waals surface area contributed by atoms with Crippen LogP contribution >= 0.6 is 23.2 Å². The third kappa shape index (κ3) is 3.76. The van der Waals surface area contributed by atoms with Crippen molar-refractivity contribution in [2.75, 3.05) is 13.7 Å².